The minimum absolute atomic E-state index is 0.149. The summed E-state index contributed by atoms with van der Waals surface area (Å²) in [6.45, 7) is 5.34. The Morgan fingerprint density at radius 1 is 1.00 bits per heavy atom. The Morgan fingerprint density at radius 3 is 2.42 bits per heavy atom. The quantitative estimate of drug-likeness (QED) is 0.697. The maximum absolute atomic E-state index is 6.69. The van der Waals surface area contributed by atoms with E-state index in [4.69, 9.17) is 39.5 Å². The Morgan fingerprint density at radius 2 is 1.75 bits per heavy atom. The lowest BCUT2D eigenvalue weighted by molar-refractivity contribution is -0.643. The number of nitrogens with zero attached hydrogens (tertiary/aromatic N) is 1. The van der Waals surface area contributed by atoms with E-state index in [1.807, 2.05) is 0 Å². The summed E-state index contributed by atoms with van der Waals surface area (Å²) in [6.07, 6.45) is 8.01. The zero-order chi connectivity index (χ0) is 16.9. The van der Waals surface area contributed by atoms with Gasteiger partial charge in [-0.25, -0.2) is 4.90 Å². The predicted octanol–water partition coefficient (Wildman–Crippen LogP) is 3.02. The van der Waals surface area contributed by atoms with Gasteiger partial charge in [0, 0.05) is 35.2 Å². The topological polar surface area (TPSA) is 29.1 Å². The third-order valence-electron chi connectivity index (χ3n) is 6.03. The first-order valence-electron chi connectivity index (χ1n) is 9.69. The molecule has 6 heteroatoms. The number of alkyl halides is 3. The van der Waals surface area contributed by atoms with E-state index in [0.717, 1.165) is 58.5 Å². The lowest BCUT2D eigenvalue weighted by atomic mass is 9.84. The summed E-state index contributed by atoms with van der Waals surface area (Å²) < 4.78 is 6.50. The first-order chi connectivity index (χ1) is 11.6. The molecule has 0 aromatic rings. The van der Waals surface area contributed by atoms with Gasteiger partial charge in [0.15, 0.2) is 0 Å². The minimum Gasteiger partial charge on any atom is -0.376 e. The van der Waals surface area contributed by atoms with Crippen molar-refractivity contribution in [3.05, 3.63) is 0 Å². The van der Waals surface area contributed by atoms with Gasteiger partial charge in [0.1, 0.15) is 6.67 Å². The SMILES string of the molecule is ClC1CCC(CO[C@H](CN2CC[NH2+]C2)C2CCC(Cl)CC2Cl)CC1. The van der Waals surface area contributed by atoms with Crippen LogP contribution in [0.4, 0.5) is 0 Å². The van der Waals surface area contributed by atoms with Crippen LogP contribution in [0, 0.1) is 11.8 Å². The van der Waals surface area contributed by atoms with Crippen molar-refractivity contribution in [3.63, 3.8) is 0 Å². The Labute approximate surface area is 161 Å². The van der Waals surface area contributed by atoms with Gasteiger partial charge < -0.3 is 10.1 Å². The number of quaternary nitrogens is 1. The molecule has 3 unspecified atom stereocenters. The van der Waals surface area contributed by atoms with E-state index in [0.29, 0.717) is 17.2 Å². The second kappa shape index (κ2) is 9.62. The fourth-order valence-corrected chi connectivity index (χ4v) is 5.59. The highest BCUT2D eigenvalue weighted by Crippen LogP contribution is 2.36. The molecule has 1 aliphatic heterocycles. The van der Waals surface area contributed by atoms with Crippen molar-refractivity contribution in [3.8, 4) is 0 Å². The van der Waals surface area contributed by atoms with Crippen molar-refractivity contribution in [2.24, 2.45) is 11.8 Å². The number of hydrogen-bond donors (Lipinski definition) is 1. The first-order valence-corrected chi connectivity index (χ1v) is 11.0. The van der Waals surface area contributed by atoms with Crippen molar-refractivity contribution in [1.29, 1.82) is 0 Å². The summed E-state index contributed by atoms with van der Waals surface area (Å²) in [7, 11) is 0. The third-order valence-corrected chi connectivity index (χ3v) is 7.37. The molecule has 1 heterocycles. The van der Waals surface area contributed by atoms with Crippen LogP contribution in [-0.4, -0.2) is 60.0 Å². The average molecular weight is 399 g/mol. The summed E-state index contributed by atoms with van der Waals surface area (Å²) in [6, 6.07) is 0. The van der Waals surface area contributed by atoms with E-state index < -0.39 is 0 Å². The lowest BCUT2D eigenvalue weighted by Crippen LogP contribution is -2.82. The summed E-state index contributed by atoms with van der Waals surface area (Å²) in [5, 5.41) is 3.13. The van der Waals surface area contributed by atoms with Crippen LogP contribution in [0.5, 0.6) is 0 Å². The molecule has 0 radical (unpaired) electrons. The Bertz CT molecular complexity index is 373. The van der Waals surface area contributed by atoms with Crippen molar-refractivity contribution >= 4 is 34.8 Å². The highest BCUT2D eigenvalue weighted by atomic mass is 35.5. The molecule has 0 aromatic heterocycles. The fraction of sp³-hybridized carbons (Fsp3) is 1.00. The number of ether oxygens (including phenoxy) is 1. The van der Waals surface area contributed by atoms with Crippen molar-refractivity contribution in [2.75, 3.05) is 32.9 Å². The van der Waals surface area contributed by atoms with Gasteiger partial charge in [0.25, 0.3) is 0 Å². The number of hydrogen-bond acceptors (Lipinski definition) is 2. The number of halogens is 3. The van der Waals surface area contributed by atoms with E-state index in [2.05, 4.69) is 10.2 Å². The van der Waals surface area contributed by atoms with Crippen molar-refractivity contribution in [2.45, 2.75) is 67.2 Å². The highest BCUT2D eigenvalue weighted by Gasteiger charge is 2.36. The molecule has 3 aliphatic rings. The molecule has 140 valence electrons. The van der Waals surface area contributed by atoms with Gasteiger partial charge in [-0.1, -0.05) is 0 Å². The van der Waals surface area contributed by atoms with Gasteiger partial charge in [0.2, 0.25) is 0 Å². The van der Waals surface area contributed by atoms with E-state index in [9.17, 15) is 0 Å². The second-order valence-corrected chi connectivity index (χ2v) is 9.71. The van der Waals surface area contributed by atoms with Gasteiger partial charge in [-0.3, -0.25) is 0 Å². The Kier molecular flexibility index (Phi) is 7.82. The van der Waals surface area contributed by atoms with Crippen LogP contribution >= 0.6 is 34.8 Å². The minimum atomic E-state index is 0.149. The summed E-state index contributed by atoms with van der Waals surface area (Å²) >= 11 is 19.2. The van der Waals surface area contributed by atoms with Crippen LogP contribution < -0.4 is 5.32 Å². The molecular formula is C18H32Cl3N2O+. The fourth-order valence-electron chi connectivity index (χ4n) is 4.43. The largest absolute Gasteiger partial charge is 0.376 e. The molecule has 3 rings (SSSR count). The molecule has 3 nitrogen and oxygen atoms in total. The summed E-state index contributed by atoms with van der Waals surface area (Å²) in [4.78, 5) is 2.51. The van der Waals surface area contributed by atoms with Gasteiger partial charge in [0.05, 0.1) is 19.2 Å². The van der Waals surface area contributed by atoms with E-state index >= 15 is 0 Å². The van der Waals surface area contributed by atoms with Crippen LogP contribution in [0.1, 0.15) is 44.9 Å². The normalized spacial score (nSPS) is 39.9. The van der Waals surface area contributed by atoms with Crippen molar-refractivity contribution < 1.29 is 10.1 Å². The summed E-state index contributed by atoms with van der Waals surface area (Å²) in [5.41, 5.74) is 0. The van der Waals surface area contributed by atoms with Crippen LogP contribution in [-0.2, 0) is 4.74 Å². The average Bonchev–Trinajstić information content (AvgIpc) is 3.06. The second-order valence-electron chi connectivity index (χ2n) is 7.92. The maximum Gasteiger partial charge on any atom is 0.132 e. The molecule has 2 saturated carbocycles. The van der Waals surface area contributed by atoms with Gasteiger partial charge in [-0.2, -0.15) is 0 Å². The number of nitrogens with two attached hydrogens (primary N) is 1. The number of rotatable bonds is 6. The molecular weight excluding hydrogens is 367 g/mol. The van der Waals surface area contributed by atoms with Crippen LogP contribution in [0.25, 0.3) is 0 Å². The molecule has 0 aromatic carbocycles. The molecule has 1 saturated heterocycles. The predicted molar refractivity (Wildman–Crippen MR) is 101 cm³/mol. The molecule has 3 fully saturated rings. The first kappa shape index (κ1) is 19.5. The van der Waals surface area contributed by atoms with Crippen LogP contribution in [0.3, 0.4) is 0 Å². The molecule has 0 spiro atoms. The standard InChI is InChI=1S/C18H31Cl3N2O/c19-14-3-1-13(2-4-14)11-24-18(10-23-8-7-22-12-23)16-6-5-15(20)9-17(16)21/h13-18,22H,1-12H2/p+1/t13?,14?,15?,16?,17?,18-/m1/s1. The van der Waals surface area contributed by atoms with Crippen LogP contribution in [0.15, 0.2) is 0 Å². The zero-order valence-corrected chi connectivity index (χ0v) is 16.8. The molecule has 2 N–H and O–H groups in total. The molecule has 24 heavy (non-hydrogen) atoms. The summed E-state index contributed by atoms with van der Waals surface area (Å²) in [5.74, 6) is 1.11. The van der Waals surface area contributed by atoms with Gasteiger partial charge in [-0.15, -0.1) is 34.8 Å². The third kappa shape index (κ3) is 5.62. The van der Waals surface area contributed by atoms with Crippen molar-refractivity contribution in [1.82, 2.24) is 4.90 Å². The van der Waals surface area contributed by atoms with E-state index in [-0.39, 0.29) is 16.9 Å². The molecule has 2 aliphatic carbocycles. The molecule has 0 bridgehead atoms. The highest BCUT2D eigenvalue weighted by molar-refractivity contribution is 6.24. The Hall–Kier alpha value is 0.750. The van der Waals surface area contributed by atoms with E-state index in [1.54, 1.807) is 0 Å². The maximum atomic E-state index is 6.69. The van der Waals surface area contributed by atoms with Gasteiger partial charge in [-0.05, 0) is 50.9 Å². The smallest absolute Gasteiger partial charge is 0.132 e. The van der Waals surface area contributed by atoms with Crippen LogP contribution in [0.2, 0.25) is 0 Å². The lowest BCUT2D eigenvalue weighted by Gasteiger charge is -2.38. The van der Waals surface area contributed by atoms with Gasteiger partial charge >= 0.3 is 0 Å². The molecule has 0 amide bonds. The van der Waals surface area contributed by atoms with E-state index in [1.165, 1.54) is 19.4 Å². The molecule has 4 atom stereocenters. The Balaban J connectivity index is 1.54. The zero-order valence-electron chi connectivity index (χ0n) is 14.5. The monoisotopic (exact) mass is 397 g/mol.